The van der Waals surface area contributed by atoms with Gasteiger partial charge < -0.3 is 31.5 Å². The van der Waals surface area contributed by atoms with Crippen molar-refractivity contribution in [3.63, 3.8) is 0 Å². The maximum Gasteiger partial charge on any atom is 0.255 e. The Morgan fingerprint density at radius 2 is 1.67 bits per heavy atom. The van der Waals surface area contributed by atoms with Crippen molar-refractivity contribution in [2.24, 2.45) is 5.73 Å². The van der Waals surface area contributed by atoms with Crippen molar-refractivity contribution in [3.8, 4) is 11.3 Å². The maximum atomic E-state index is 13.7. The van der Waals surface area contributed by atoms with Crippen LogP contribution in [0.25, 0.3) is 11.3 Å². The number of hydrogen-bond donors (Lipinski definition) is 4. The highest BCUT2D eigenvalue weighted by Gasteiger charge is 2.23. The van der Waals surface area contributed by atoms with Crippen molar-refractivity contribution in [2.75, 3.05) is 56.5 Å². The number of amides is 3. The Bertz CT molecular complexity index is 1840. The van der Waals surface area contributed by atoms with Gasteiger partial charge in [-0.05, 0) is 118 Å². The lowest BCUT2D eigenvalue weighted by Crippen LogP contribution is -2.34. The van der Waals surface area contributed by atoms with Gasteiger partial charge in [-0.2, -0.15) is 0 Å². The van der Waals surface area contributed by atoms with Gasteiger partial charge in [0.15, 0.2) is 0 Å². The average Bonchev–Trinajstić information content (AvgIpc) is 3.18. The lowest BCUT2D eigenvalue weighted by atomic mass is 9.87. The van der Waals surface area contributed by atoms with E-state index in [-0.39, 0.29) is 23.8 Å². The van der Waals surface area contributed by atoms with E-state index in [0.29, 0.717) is 47.7 Å². The normalized spacial score (nSPS) is 15.5. The van der Waals surface area contributed by atoms with Gasteiger partial charge in [-0.3, -0.25) is 19.4 Å². The molecular formula is C41H49N7O3. The molecule has 1 aliphatic heterocycles. The third-order valence-corrected chi connectivity index (χ3v) is 9.85. The van der Waals surface area contributed by atoms with E-state index in [9.17, 15) is 14.4 Å². The van der Waals surface area contributed by atoms with E-state index in [2.05, 4.69) is 44.0 Å². The second kappa shape index (κ2) is 17.2. The number of nitrogens with two attached hydrogens (primary N) is 1. The van der Waals surface area contributed by atoms with Crippen LogP contribution < -0.4 is 26.6 Å². The number of piperidine rings is 1. The van der Waals surface area contributed by atoms with Crippen LogP contribution in [0.15, 0.2) is 85.1 Å². The summed E-state index contributed by atoms with van der Waals surface area (Å²) < 4.78 is 0. The summed E-state index contributed by atoms with van der Waals surface area (Å²) in [5.74, 6) is -0.656. The van der Waals surface area contributed by atoms with E-state index in [0.717, 1.165) is 69.4 Å². The number of rotatable bonds is 13. The molecule has 1 aromatic heterocycles. The molecule has 10 nitrogen and oxygen atoms in total. The standard InChI is InChI=1S/C41H49N7O3/c1-47(25-22-43-20-9-19-42)41(51)32-13-7-12-30(26-32)39(49)46-37-17-16-33(48-23-5-2-6-24-48)28-35(37)38-27-31(18-21-44-38)40(50)45-36-15-8-11-29-10-3-4-14-34(29)36/h3-4,7,10,12-14,16-18,21,26-28,36,43H,2,5-6,8-9,11,15,19-20,22-25,42H2,1H3,(H,45,50)(H,46,49). The number of hydrogen-bond acceptors (Lipinski definition) is 7. The van der Waals surface area contributed by atoms with Crippen molar-refractivity contribution in [3.05, 3.63) is 113 Å². The molecule has 2 aliphatic rings. The highest BCUT2D eigenvalue weighted by molar-refractivity contribution is 6.08. The Balaban J connectivity index is 1.23. The summed E-state index contributed by atoms with van der Waals surface area (Å²) in [5, 5.41) is 9.63. The molecule has 3 amide bonds. The van der Waals surface area contributed by atoms with E-state index in [1.54, 1.807) is 54.5 Å². The van der Waals surface area contributed by atoms with Gasteiger partial charge in [0.2, 0.25) is 0 Å². The number of aryl methyl sites for hydroxylation is 1. The number of carbonyl (C=O) groups excluding carboxylic acids is 3. The van der Waals surface area contributed by atoms with Crippen molar-refractivity contribution >= 4 is 29.1 Å². The Labute approximate surface area is 300 Å². The number of aromatic nitrogens is 1. The van der Waals surface area contributed by atoms with Crippen molar-refractivity contribution in [1.82, 2.24) is 20.5 Å². The smallest absolute Gasteiger partial charge is 0.255 e. The first-order chi connectivity index (χ1) is 24.9. The first-order valence-electron chi connectivity index (χ1n) is 18.2. The molecule has 266 valence electrons. The van der Waals surface area contributed by atoms with E-state index < -0.39 is 0 Å². The van der Waals surface area contributed by atoms with Crippen LogP contribution in [-0.2, 0) is 6.42 Å². The Hall–Kier alpha value is -5.06. The average molecular weight is 688 g/mol. The lowest BCUT2D eigenvalue weighted by Gasteiger charge is -2.29. The Kier molecular flexibility index (Phi) is 12.1. The molecular weight excluding hydrogens is 638 g/mol. The number of anilines is 2. The number of pyridine rings is 1. The molecule has 6 rings (SSSR count). The summed E-state index contributed by atoms with van der Waals surface area (Å²) in [4.78, 5) is 49.3. The fourth-order valence-electron chi connectivity index (χ4n) is 6.98. The lowest BCUT2D eigenvalue weighted by molar-refractivity contribution is 0.0795. The van der Waals surface area contributed by atoms with E-state index >= 15 is 0 Å². The molecule has 0 bridgehead atoms. The predicted molar refractivity (Wildman–Crippen MR) is 203 cm³/mol. The monoisotopic (exact) mass is 687 g/mol. The second-order valence-electron chi connectivity index (χ2n) is 13.5. The fraction of sp³-hybridized carbons (Fsp3) is 0.366. The van der Waals surface area contributed by atoms with Gasteiger partial charge >= 0.3 is 0 Å². The molecule has 1 atom stereocenters. The first kappa shape index (κ1) is 35.8. The Morgan fingerprint density at radius 1 is 0.863 bits per heavy atom. The quantitative estimate of drug-likeness (QED) is 0.131. The maximum absolute atomic E-state index is 13.7. The zero-order valence-electron chi connectivity index (χ0n) is 29.5. The number of carbonyl (C=O) groups is 3. The topological polar surface area (TPSA) is 133 Å². The van der Waals surface area contributed by atoms with Crippen LogP contribution in [0.4, 0.5) is 11.4 Å². The molecule has 51 heavy (non-hydrogen) atoms. The molecule has 0 radical (unpaired) electrons. The molecule has 1 fully saturated rings. The van der Waals surface area contributed by atoms with Gasteiger partial charge in [-0.15, -0.1) is 0 Å². The van der Waals surface area contributed by atoms with Crippen LogP contribution in [0, 0.1) is 0 Å². The summed E-state index contributed by atoms with van der Waals surface area (Å²) in [6, 6.07) is 24.6. The zero-order chi connectivity index (χ0) is 35.6. The van der Waals surface area contributed by atoms with Crippen LogP contribution in [0.2, 0.25) is 0 Å². The number of fused-ring (bicyclic) bond motifs is 1. The first-order valence-corrected chi connectivity index (χ1v) is 18.2. The molecule has 5 N–H and O–H groups in total. The summed E-state index contributed by atoms with van der Waals surface area (Å²) in [5.41, 5.74) is 12.3. The second-order valence-corrected chi connectivity index (χ2v) is 13.5. The molecule has 3 aromatic carbocycles. The molecule has 0 spiro atoms. The van der Waals surface area contributed by atoms with Gasteiger partial charge in [-0.25, -0.2) is 0 Å². The largest absolute Gasteiger partial charge is 0.372 e. The number of nitrogens with one attached hydrogen (secondary N) is 3. The number of benzene rings is 3. The van der Waals surface area contributed by atoms with E-state index in [1.807, 2.05) is 24.3 Å². The zero-order valence-corrected chi connectivity index (χ0v) is 29.5. The van der Waals surface area contributed by atoms with E-state index in [1.165, 1.54) is 17.5 Å². The minimum Gasteiger partial charge on any atom is -0.372 e. The SMILES string of the molecule is CN(CCNCCCN)C(=O)c1cccc(C(=O)Nc2ccc(N3CCCCC3)cc2-c2cc(C(=O)NC3CCCc4ccccc43)ccn2)c1. The molecule has 2 heterocycles. The predicted octanol–water partition coefficient (Wildman–Crippen LogP) is 5.81. The van der Waals surface area contributed by atoms with Crippen LogP contribution in [0.1, 0.15) is 86.8 Å². The molecule has 10 heteroatoms. The third-order valence-electron chi connectivity index (χ3n) is 9.85. The number of likely N-dealkylation sites (N-methyl/N-ethyl adjacent to an activating group) is 1. The highest BCUT2D eigenvalue weighted by Crippen LogP contribution is 2.34. The molecule has 4 aromatic rings. The molecule has 1 aliphatic carbocycles. The molecule has 0 saturated carbocycles. The van der Waals surface area contributed by atoms with Gasteiger partial charge in [0, 0.05) is 67.4 Å². The van der Waals surface area contributed by atoms with Crippen LogP contribution in [0.3, 0.4) is 0 Å². The molecule has 1 unspecified atom stereocenters. The minimum atomic E-state index is -0.340. The van der Waals surface area contributed by atoms with E-state index in [4.69, 9.17) is 5.73 Å². The van der Waals surface area contributed by atoms with Crippen molar-refractivity contribution in [2.45, 2.75) is 51.0 Å². The van der Waals surface area contributed by atoms with Gasteiger partial charge in [-0.1, -0.05) is 30.3 Å². The van der Waals surface area contributed by atoms with Gasteiger partial charge in [0.05, 0.1) is 17.4 Å². The van der Waals surface area contributed by atoms with Crippen LogP contribution in [0.5, 0.6) is 0 Å². The highest BCUT2D eigenvalue weighted by atomic mass is 16.2. The summed E-state index contributed by atoms with van der Waals surface area (Å²) in [7, 11) is 1.76. The van der Waals surface area contributed by atoms with Crippen LogP contribution >= 0.6 is 0 Å². The molecule has 1 saturated heterocycles. The van der Waals surface area contributed by atoms with Crippen LogP contribution in [-0.4, -0.2) is 73.9 Å². The van der Waals surface area contributed by atoms with Gasteiger partial charge in [0.1, 0.15) is 0 Å². The summed E-state index contributed by atoms with van der Waals surface area (Å²) >= 11 is 0. The summed E-state index contributed by atoms with van der Waals surface area (Å²) in [6.45, 7) is 4.54. The van der Waals surface area contributed by atoms with Crippen molar-refractivity contribution in [1.29, 1.82) is 0 Å². The Morgan fingerprint density at radius 3 is 2.51 bits per heavy atom. The minimum absolute atomic E-state index is 0.0447. The summed E-state index contributed by atoms with van der Waals surface area (Å²) in [6.07, 6.45) is 8.94. The fourth-order valence-corrected chi connectivity index (χ4v) is 6.98. The van der Waals surface area contributed by atoms with Crippen molar-refractivity contribution < 1.29 is 14.4 Å². The number of nitrogens with zero attached hydrogens (tertiary/aromatic N) is 3. The third kappa shape index (κ3) is 9.00. The van der Waals surface area contributed by atoms with Gasteiger partial charge in [0.25, 0.3) is 17.7 Å².